The van der Waals surface area contributed by atoms with Crippen LogP contribution < -0.4 is 0 Å². The smallest absolute Gasteiger partial charge is 0.254 e. The predicted molar refractivity (Wildman–Crippen MR) is 97.5 cm³/mol. The molecule has 1 fully saturated rings. The lowest BCUT2D eigenvalue weighted by molar-refractivity contribution is 0.0681. The minimum Gasteiger partial charge on any atom is -0.330 e. The predicted octanol–water partition coefficient (Wildman–Crippen LogP) is 3.42. The second-order valence-electron chi connectivity index (χ2n) is 6.13. The number of sulfone groups is 1. The molecule has 7 heteroatoms. The Balaban J connectivity index is 1.91. The van der Waals surface area contributed by atoms with E-state index in [-0.39, 0.29) is 23.5 Å². The molecule has 4 nitrogen and oxygen atoms in total. The Hall–Kier alpha value is -1.73. The molecule has 3 rings (SSSR count). The lowest BCUT2D eigenvalue weighted by atomic mass is 10.1. The molecule has 2 aromatic carbocycles. The van der Waals surface area contributed by atoms with Crippen molar-refractivity contribution in [2.75, 3.05) is 11.5 Å². The van der Waals surface area contributed by atoms with Crippen LogP contribution >= 0.6 is 15.9 Å². The van der Waals surface area contributed by atoms with Crippen LogP contribution in [0.1, 0.15) is 22.3 Å². The average molecular weight is 426 g/mol. The monoisotopic (exact) mass is 425 g/mol. The zero-order valence-corrected chi connectivity index (χ0v) is 15.8. The van der Waals surface area contributed by atoms with Crippen LogP contribution in [0.25, 0.3) is 0 Å². The van der Waals surface area contributed by atoms with Crippen LogP contribution in [0.4, 0.5) is 4.39 Å². The topological polar surface area (TPSA) is 54.5 Å². The van der Waals surface area contributed by atoms with E-state index >= 15 is 0 Å². The van der Waals surface area contributed by atoms with Gasteiger partial charge in [0.25, 0.3) is 5.91 Å². The number of hydrogen-bond acceptors (Lipinski definition) is 3. The van der Waals surface area contributed by atoms with Gasteiger partial charge in [-0.05, 0) is 48.4 Å². The molecule has 0 spiro atoms. The van der Waals surface area contributed by atoms with Crippen LogP contribution in [0.3, 0.4) is 0 Å². The Morgan fingerprint density at radius 1 is 1.20 bits per heavy atom. The summed E-state index contributed by atoms with van der Waals surface area (Å²) in [5, 5.41) is 0. The van der Waals surface area contributed by atoms with Crippen LogP contribution in [-0.4, -0.2) is 36.8 Å². The van der Waals surface area contributed by atoms with E-state index in [0.29, 0.717) is 18.5 Å². The molecule has 0 aromatic heterocycles. The van der Waals surface area contributed by atoms with Crippen LogP contribution in [0.5, 0.6) is 0 Å². The fraction of sp³-hybridized carbons (Fsp3) is 0.278. The Kier molecular flexibility index (Phi) is 5.24. The molecule has 0 bridgehead atoms. The molecular formula is C18H17BrFNO3S. The summed E-state index contributed by atoms with van der Waals surface area (Å²) < 4.78 is 37.7. The summed E-state index contributed by atoms with van der Waals surface area (Å²) in [6.07, 6.45) is 0.420. The van der Waals surface area contributed by atoms with Gasteiger partial charge in [0.15, 0.2) is 9.84 Å². The van der Waals surface area contributed by atoms with Crippen molar-refractivity contribution in [1.29, 1.82) is 0 Å². The number of carbonyl (C=O) groups excluding carboxylic acids is 1. The van der Waals surface area contributed by atoms with Gasteiger partial charge in [0.05, 0.1) is 11.5 Å². The molecule has 1 aliphatic rings. The van der Waals surface area contributed by atoms with Crippen LogP contribution in [-0.2, 0) is 16.4 Å². The van der Waals surface area contributed by atoms with Crippen molar-refractivity contribution in [3.8, 4) is 0 Å². The first-order valence-corrected chi connectivity index (χ1v) is 10.5. The molecule has 0 aliphatic carbocycles. The van der Waals surface area contributed by atoms with Crippen molar-refractivity contribution in [2.24, 2.45) is 0 Å². The summed E-state index contributed by atoms with van der Waals surface area (Å²) >= 11 is 3.40. The number of carbonyl (C=O) groups is 1. The van der Waals surface area contributed by atoms with Gasteiger partial charge in [-0.25, -0.2) is 12.8 Å². The van der Waals surface area contributed by atoms with Gasteiger partial charge in [0.1, 0.15) is 5.82 Å². The van der Waals surface area contributed by atoms with Gasteiger partial charge in [0.2, 0.25) is 0 Å². The first-order valence-electron chi connectivity index (χ1n) is 7.85. The van der Waals surface area contributed by atoms with E-state index in [9.17, 15) is 17.6 Å². The maximum atomic E-state index is 13.1. The highest BCUT2D eigenvalue weighted by Gasteiger charge is 2.35. The molecule has 2 aromatic rings. The van der Waals surface area contributed by atoms with Gasteiger partial charge in [0, 0.05) is 22.6 Å². The summed E-state index contributed by atoms with van der Waals surface area (Å²) in [6, 6.07) is 12.5. The van der Waals surface area contributed by atoms with Crippen molar-refractivity contribution >= 4 is 31.7 Å². The third kappa shape index (κ3) is 4.46. The van der Waals surface area contributed by atoms with Crippen LogP contribution in [0, 0.1) is 5.82 Å². The Bertz CT molecular complexity index is 883. The quantitative estimate of drug-likeness (QED) is 0.753. The first kappa shape index (κ1) is 18.1. The molecule has 0 saturated carbocycles. The normalized spacial score (nSPS) is 18.9. The van der Waals surface area contributed by atoms with Crippen molar-refractivity contribution in [1.82, 2.24) is 4.90 Å². The Labute approximate surface area is 154 Å². The first-order chi connectivity index (χ1) is 11.8. The minimum atomic E-state index is -3.13. The van der Waals surface area contributed by atoms with E-state index < -0.39 is 15.7 Å². The Morgan fingerprint density at radius 2 is 1.92 bits per heavy atom. The van der Waals surface area contributed by atoms with E-state index in [4.69, 9.17) is 0 Å². The average Bonchev–Trinajstić information content (AvgIpc) is 2.92. The molecule has 0 radical (unpaired) electrons. The molecule has 1 amide bonds. The van der Waals surface area contributed by atoms with E-state index in [1.54, 1.807) is 4.90 Å². The summed E-state index contributed by atoms with van der Waals surface area (Å²) in [5.41, 5.74) is 1.25. The summed E-state index contributed by atoms with van der Waals surface area (Å²) in [4.78, 5) is 14.5. The van der Waals surface area contributed by atoms with Gasteiger partial charge < -0.3 is 4.90 Å². The van der Waals surface area contributed by atoms with Crippen molar-refractivity contribution < 1.29 is 17.6 Å². The highest BCUT2D eigenvalue weighted by Crippen LogP contribution is 2.23. The third-order valence-corrected chi connectivity index (χ3v) is 6.49. The van der Waals surface area contributed by atoms with Gasteiger partial charge in [-0.15, -0.1) is 0 Å². The summed E-state index contributed by atoms with van der Waals surface area (Å²) in [7, 11) is -3.13. The van der Waals surface area contributed by atoms with Gasteiger partial charge in [-0.2, -0.15) is 0 Å². The SMILES string of the molecule is O=C(c1ccc(F)cc1)N(Cc1cccc(Br)c1)[C@H]1CCS(=O)(=O)C1. The maximum absolute atomic E-state index is 13.1. The standard InChI is InChI=1S/C18H17BrFNO3S/c19-15-3-1-2-13(10-15)11-21(17-8-9-25(23,24)12-17)18(22)14-4-6-16(20)7-5-14/h1-7,10,17H,8-9,11-12H2/t17-/m0/s1. The van der Waals surface area contributed by atoms with E-state index in [1.165, 1.54) is 24.3 Å². The summed E-state index contributed by atoms with van der Waals surface area (Å²) in [6.45, 7) is 0.301. The molecule has 1 saturated heterocycles. The zero-order valence-electron chi connectivity index (χ0n) is 13.4. The van der Waals surface area contributed by atoms with Crippen molar-refractivity contribution in [2.45, 2.75) is 19.0 Å². The minimum absolute atomic E-state index is 0.0338. The Morgan fingerprint density at radius 3 is 2.52 bits per heavy atom. The number of halogens is 2. The van der Waals surface area contributed by atoms with Crippen LogP contribution in [0.15, 0.2) is 53.0 Å². The second kappa shape index (κ2) is 7.25. The second-order valence-corrected chi connectivity index (χ2v) is 9.27. The van der Waals surface area contributed by atoms with Gasteiger partial charge in [-0.1, -0.05) is 28.1 Å². The number of rotatable bonds is 4. The molecule has 0 N–H and O–H groups in total. The highest BCUT2D eigenvalue weighted by atomic mass is 79.9. The molecule has 1 atom stereocenters. The van der Waals surface area contributed by atoms with E-state index in [0.717, 1.165) is 10.0 Å². The number of nitrogens with zero attached hydrogens (tertiary/aromatic N) is 1. The molecule has 1 aliphatic heterocycles. The number of benzene rings is 2. The maximum Gasteiger partial charge on any atom is 0.254 e. The van der Waals surface area contributed by atoms with Crippen LogP contribution in [0.2, 0.25) is 0 Å². The molecular weight excluding hydrogens is 409 g/mol. The van der Waals surface area contributed by atoms with E-state index in [1.807, 2.05) is 24.3 Å². The van der Waals surface area contributed by atoms with Gasteiger partial charge in [-0.3, -0.25) is 4.79 Å². The lowest BCUT2D eigenvalue weighted by Gasteiger charge is -2.28. The fourth-order valence-corrected chi connectivity index (χ4v) is 5.16. The molecule has 1 heterocycles. The molecule has 25 heavy (non-hydrogen) atoms. The van der Waals surface area contributed by atoms with Gasteiger partial charge >= 0.3 is 0 Å². The molecule has 132 valence electrons. The molecule has 0 unspecified atom stereocenters. The zero-order chi connectivity index (χ0) is 18.0. The third-order valence-electron chi connectivity index (χ3n) is 4.24. The van der Waals surface area contributed by atoms with E-state index in [2.05, 4.69) is 15.9 Å². The largest absolute Gasteiger partial charge is 0.330 e. The summed E-state index contributed by atoms with van der Waals surface area (Å²) in [5.74, 6) is -0.655. The highest BCUT2D eigenvalue weighted by molar-refractivity contribution is 9.10. The fourth-order valence-electron chi connectivity index (χ4n) is 2.98. The lowest BCUT2D eigenvalue weighted by Crippen LogP contribution is -2.40. The number of hydrogen-bond donors (Lipinski definition) is 0. The number of amides is 1. The van der Waals surface area contributed by atoms with Crippen molar-refractivity contribution in [3.05, 3.63) is 69.9 Å². The van der Waals surface area contributed by atoms with Crippen molar-refractivity contribution in [3.63, 3.8) is 0 Å².